The number of carbonyl (C=O) groups excluding carboxylic acids is 1. The van der Waals surface area contributed by atoms with Crippen LogP contribution < -0.4 is 0 Å². The number of amides is 2. The molecule has 302 valence electrons. The summed E-state index contributed by atoms with van der Waals surface area (Å²) in [6.07, 6.45) is 1.53. The van der Waals surface area contributed by atoms with E-state index in [-0.39, 0.29) is 6.09 Å². The van der Waals surface area contributed by atoms with Gasteiger partial charge in [0.2, 0.25) is 0 Å². The van der Waals surface area contributed by atoms with Gasteiger partial charge < -0.3 is 19.6 Å². The van der Waals surface area contributed by atoms with E-state index in [1.807, 2.05) is 27.8 Å². The summed E-state index contributed by atoms with van der Waals surface area (Å²) in [7, 11) is 0.290. The van der Waals surface area contributed by atoms with Crippen molar-refractivity contribution in [3.8, 4) is 0 Å². The second kappa shape index (κ2) is 22.0. The van der Waals surface area contributed by atoms with Gasteiger partial charge in [0.1, 0.15) is 20.0 Å². The fourth-order valence-electron chi connectivity index (χ4n) is 8.03. The normalized spacial score (nSPS) is 12.5. The van der Waals surface area contributed by atoms with Crippen LogP contribution in [0.15, 0.2) is 58.3 Å². The Kier molecular flexibility index (Phi) is 20.4. The third kappa shape index (κ3) is 14.3. The zero-order valence-electron chi connectivity index (χ0n) is 36.5. The monoisotopic (exact) mass is 804 g/mol. The van der Waals surface area contributed by atoms with Gasteiger partial charge in [-0.1, -0.05) is 119 Å². The van der Waals surface area contributed by atoms with Crippen LogP contribution in [0.25, 0.3) is 0 Å². The minimum atomic E-state index is -1.60. The van der Waals surface area contributed by atoms with Crippen molar-refractivity contribution in [3.63, 3.8) is 0 Å². The molecule has 0 atom stereocenters. The number of hydrogen-bond acceptors (Lipinski definition) is 5. The summed E-state index contributed by atoms with van der Waals surface area (Å²) >= 11 is 4.32. The van der Waals surface area contributed by atoms with Crippen LogP contribution in [0.3, 0.4) is 0 Å². The molecule has 0 aliphatic rings. The fraction of sp³-hybridized carbons (Fsp3) is 0.674. The second-order valence-electron chi connectivity index (χ2n) is 17.5. The average Bonchev–Trinajstić information content (AvgIpc) is 3.04. The van der Waals surface area contributed by atoms with Gasteiger partial charge >= 0.3 is 12.2 Å². The zero-order valence-corrected chi connectivity index (χ0v) is 40.1. The quantitative estimate of drug-likeness (QED) is 0.161. The van der Waals surface area contributed by atoms with Crippen molar-refractivity contribution >= 4 is 49.1 Å². The molecule has 0 unspecified atom stereocenters. The lowest BCUT2D eigenvalue weighted by molar-refractivity contribution is 0.0300. The Morgan fingerprint density at radius 2 is 0.981 bits per heavy atom. The number of ether oxygens (including phenoxy) is 1. The molecule has 1 N–H and O–H groups in total. The molecule has 10 heteroatoms. The molecule has 2 rings (SSSR count). The number of hydrogen-bond donors (Lipinski definition) is 1. The molecule has 2 aromatic carbocycles. The van der Waals surface area contributed by atoms with Gasteiger partial charge in [-0.15, -0.1) is 22.4 Å². The lowest BCUT2D eigenvalue weighted by atomic mass is 10.1. The number of carbonyl (C=O) groups is 2. The van der Waals surface area contributed by atoms with Crippen LogP contribution in [0.2, 0.25) is 33.2 Å². The SMILES string of the molecule is CC(C)[Si](Sc1ccccc1CCCN(C)C(=O)O)(C(C)C)C(C)C.CC(C)[Si](Sc1ccccc1CCN(C)C(=O)OC(C)(C)C)(C(C)C)C(C)C. The molecule has 0 saturated carbocycles. The molecule has 2 aromatic rings. The number of benzene rings is 2. The van der Waals surface area contributed by atoms with Gasteiger partial charge in [-0.3, -0.25) is 0 Å². The molecule has 0 heterocycles. The molecule has 53 heavy (non-hydrogen) atoms. The van der Waals surface area contributed by atoms with Crippen LogP contribution in [0.1, 0.15) is 121 Å². The van der Waals surface area contributed by atoms with Crippen LogP contribution >= 0.6 is 22.4 Å². The first-order valence-electron chi connectivity index (χ1n) is 19.9. The number of rotatable bonds is 17. The van der Waals surface area contributed by atoms with E-state index in [4.69, 9.17) is 9.84 Å². The summed E-state index contributed by atoms with van der Waals surface area (Å²) in [5, 5.41) is 9.00. The first-order chi connectivity index (χ1) is 24.4. The zero-order chi connectivity index (χ0) is 40.9. The van der Waals surface area contributed by atoms with Crippen molar-refractivity contribution < 1.29 is 19.4 Å². The predicted molar refractivity (Wildman–Crippen MR) is 238 cm³/mol. The van der Waals surface area contributed by atoms with Gasteiger partial charge in [0.25, 0.3) is 0 Å². The van der Waals surface area contributed by atoms with Crippen LogP contribution in [-0.4, -0.2) is 74.3 Å². The standard InChI is InChI=1S/C23H41NO2SSi.C20H35NO2SSi/c1-17(2)28(18(3)4,19(5)6)27-21-14-12-11-13-20(21)15-16-24(10)22(25)26-23(7,8)9;1-15(2)25(16(3)4,17(5)6)24-19-13-9-8-11-18(19)12-10-14-21(7)20(22)23/h11-14,17-19H,15-16H2,1-10H3;8-9,11,13,15-17H,10,12,14H2,1-7H3,(H,22,23). The lowest BCUT2D eigenvalue weighted by Gasteiger charge is -2.42. The summed E-state index contributed by atoms with van der Waals surface area (Å²) in [4.78, 5) is 29.1. The summed E-state index contributed by atoms with van der Waals surface area (Å²) in [6, 6.07) is 17.4. The van der Waals surface area contributed by atoms with Gasteiger partial charge in [0.15, 0.2) is 0 Å². The first-order valence-corrected chi connectivity index (χ1v) is 27.4. The lowest BCUT2D eigenvalue weighted by Crippen LogP contribution is -2.41. The molecule has 0 aliphatic carbocycles. The number of likely N-dealkylation sites (N-methyl/N-ethyl adjacent to an activating group) is 1. The van der Waals surface area contributed by atoms with Crippen LogP contribution in [-0.2, 0) is 17.6 Å². The highest BCUT2D eigenvalue weighted by Crippen LogP contribution is 2.53. The van der Waals surface area contributed by atoms with Gasteiger partial charge in [-0.25, -0.2) is 9.59 Å². The maximum absolute atomic E-state index is 12.3. The molecule has 6 nitrogen and oxygen atoms in total. The molecule has 0 aliphatic heterocycles. The van der Waals surface area contributed by atoms with E-state index < -0.39 is 26.1 Å². The van der Waals surface area contributed by atoms with Gasteiger partial charge in [-0.2, -0.15) is 0 Å². The molecular weight excluding hydrogens is 729 g/mol. The third-order valence-corrected chi connectivity index (χ3v) is 35.3. The minimum absolute atomic E-state index is 0.257. The highest BCUT2D eigenvalue weighted by atomic mass is 32.4. The van der Waals surface area contributed by atoms with Crippen LogP contribution in [0.5, 0.6) is 0 Å². The van der Waals surface area contributed by atoms with E-state index in [1.165, 1.54) is 25.8 Å². The fourth-order valence-corrected chi connectivity index (χ4v) is 26.8. The average molecular weight is 805 g/mol. The Balaban J connectivity index is 0.000000533. The van der Waals surface area contributed by atoms with E-state index in [1.54, 1.807) is 11.9 Å². The van der Waals surface area contributed by atoms with Crippen molar-refractivity contribution in [2.45, 2.75) is 172 Å². The molecule has 0 spiro atoms. The van der Waals surface area contributed by atoms with Crippen molar-refractivity contribution in [1.29, 1.82) is 0 Å². The van der Waals surface area contributed by atoms with Gasteiger partial charge in [-0.05, 0) is 96.5 Å². The maximum atomic E-state index is 12.3. The van der Waals surface area contributed by atoms with E-state index >= 15 is 0 Å². The summed E-state index contributed by atoms with van der Waals surface area (Å²) in [5.74, 6) is 0. The second-order valence-corrected chi connectivity index (χ2v) is 34.6. The van der Waals surface area contributed by atoms with Crippen molar-refractivity contribution in [2.75, 3.05) is 27.2 Å². The van der Waals surface area contributed by atoms with Crippen molar-refractivity contribution in [1.82, 2.24) is 9.80 Å². The van der Waals surface area contributed by atoms with E-state index in [2.05, 4.69) is 154 Å². The van der Waals surface area contributed by atoms with Crippen molar-refractivity contribution in [3.05, 3.63) is 59.7 Å². The molecular formula is C43H76N2O4S2Si2. The van der Waals surface area contributed by atoms with Gasteiger partial charge in [0, 0.05) is 37.0 Å². The Morgan fingerprint density at radius 3 is 1.32 bits per heavy atom. The molecule has 0 saturated heterocycles. The summed E-state index contributed by atoms with van der Waals surface area (Å²) in [5.41, 5.74) is 6.48. The Hall–Kier alpha value is -1.89. The molecule has 2 amide bonds. The Morgan fingerprint density at radius 1 is 0.623 bits per heavy atom. The first kappa shape index (κ1) is 49.1. The van der Waals surface area contributed by atoms with Crippen LogP contribution in [0, 0.1) is 0 Å². The molecule has 0 aromatic heterocycles. The highest BCUT2D eigenvalue weighted by molar-refractivity contribution is 8.29. The predicted octanol–water partition coefficient (Wildman–Crippen LogP) is 13.9. The topological polar surface area (TPSA) is 70.1 Å². The smallest absolute Gasteiger partial charge is 0.410 e. The summed E-state index contributed by atoms with van der Waals surface area (Å²) < 4.78 is 5.48. The molecule has 0 radical (unpaired) electrons. The largest absolute Gasteiger partial charge is 0.465 e. The van der Waals surface area contributed by atoms with E-state index in [0.29, 0.717) is 46.3 Å². The van der Waals surface area contributed by atoms with E-state index in [0.717, 1.165) is 19.3 Å². The van der Waals surface area contributed by atoms with Crippen LogP contribution in [0.4, 0.5) is 9.59 Å². The Labute approximate surface area is 335 Å². The van der Waals surface area contributed by atoms with E-state index in [9.17, 15) is 9.59 Å². The number of aryl methyl sites for hydroxylation is 1. The third-order valence-electron chi connectivity index (χ3n) is 10.6. The Bertz CT molecular complexity index is 1370. The maximum Gasteiger partial charge on any atom is 0.410 e. The minimum Gasteiger partial charge on any atom is -0.465 e. The highest BCUT2D eigenvalue weighted by Gasteiger charge is 2.45. The number of carboxylic acid groups (broad SMARTS) is 1. The number of nitrogens with zero attached hydrogens (tertiary/aromatic N) is 2. The summed E-state index contributed by atoms with van der Waals surface area (Å²) in [6.45, 7) is 35.7. The molecule has 0 fully saturated rings. The molecule has 0 bridgehead atoms. The van der Waals surface area contributed by atoms with Crippen molar-refractivity contribution in [2.24, 2.45) is 0 Å². The van der Waals surface area contributed by atoms with Gasteiger partial charge in [0.05, 0.1) is 0 Å².